The van der Waals surface area contributed by atoms with Gasteiger partial charge in [0, 0.05) is 22.3 Å². The molecule has 0 aromatic heterocycles. The van der Waals surface area contributed by atoms with E-state index in [4.69, 9.17) is 0 Å². The highest BCUT2D eigenvalue weighted by atomic mass is 79.9. The number of halogens is 2. The molecule has 0 bridgehead atoms. The Morgan fingerprint density at radius 2 is 2.00 bits per heavy atom. The Kier molecular flexibility index (Phi) is 5.33. The quantitative estimate of drug-likeness (QED) is 0.864. The lowest BCUT2D eigenvalue weighted by Crippen LogP contribution is -2.29. The molecule has 3 nitrogen and oxygen atoms in total. The molecular formula is C16H16BrFN2O. The number of carbonyl (C=O) groups excluding carboxylic acids is 1. The minimum Gasteiger partial charge on any atom is -0.376 e. The fourth-order valence-corrected chi connectivity index (χ4v) is 2.08. The number of aryl methyl sites for hydroxylation is 1. The summed E-state index contributed by atoms with van der Waals surface area (Å²) < 4.78 is 14.4. The number of anilines is 1. The first kappa shape index (κ1) is 15.5. The minimum atomic E-state index is -0.311. The SMILES string of the molecule is Cc1cc(NCC(=O)NCc2ccccc2F)ccc1Br. The molecule has 5 heteroatoms. The average molecular weight is 351 g/mol. The molecule has 1 amide bonds. The van der Waals surface area contributed by atoms with Crippen molar-refractivity contribution in [2.75, 3.05) is 11.9 Å². The standard InChI is InChI=1S/C16H16BrFN2O/c1-11-8-13(6-7-14(11)17)19-10-16(21)20-9-12-4-2-3-5-15(12)18/h2-8,19H,9-10H2,1H3,(H,20,21). The predicted octanol–water partition coefficient (Wildman–Crippen LogP) is 3.62. The summed E-state index contributed by atoms with van der Waals surface area (Å²) in [5.74, 6) is -0.492. The normalized spacial score (nSPS) is 10.2. The van der Waals surface area contributed by atoms with E-state index in [1.165, 1.54) is 6.07 Å². The third kappa shape index (κ3) is 4.56. The van der Waals surface area contributed by atoms with Crippen LogP contribution >= 0.6 is 15.9 Å². The summed E-state index contributed by atoms with van der Waals surface area (Å²) in [4.78, 5) is 11.7. The number of carbonyl (C=O) groups is 1. The van der Waals surface area contributed by atoms with Gasteiger partial charge in [-0.2, -0.15) is 0 Å². The maximum Gasteiger partial charge on any atom is 0.239 e. The Bertz CT molecular complexity index is 646. The zero-order chi connectivity index (χ0) is 15.2. The highest BCUT2D eigenvalue weighted by Gasteiger charge is 2.05. The topological polar surface area (TPSA) is 41.1 Å². The van der Waals surface area contributed by atoms with Gasteiger partial charge in [-0.1, -0.05) is 34.1 Å². The van der Waals surface area contributed by atoms with E-state index in [0.717, 1.165) is 15.7 Å². The smallest absolute Gasteiger partial charge is 0.239 e. The van der Waals surface area contributed by atoms with Crippen LogP contribution < -0.4 is 10.6 Å². The van der Waals surface area contributed by atoms with Crippen LogP contribution in [0.2, 0.25) is 0 Å². The van der Waals surface area contributed by atoms with Gasteiger partial charge in [0.25, 0.3) is 0 Å². The zero-order valence-corrected chi connectivity index (χ0v) is 13.2. The van der Waals surface area contributed by atoms with Crippen LogP contribution in [0, 0.1) is 12.7 Å². The molecule has 0 unspecified atom stereocenters. The lowest BCUT2D eigenvalue weighted by Gasteiger charge is -2.09. The first-order valence-electron chi connectivity index (χ1n) is 6.56. The van der Waals surface area contributed by atoms with Crippen molar-refractivity contribution in [3.8, 4) is 0 Å². The summed E-state index contributed by atoms with van der Waals surface area (Å²) in [5.41, 5.74) is 2.44. The number of amides is 1. The van der Waals surface area contributed by atoms with Crippen LogP contribution in [0.4, 0.5) is 10.1 Å². The van der Waals surface area contributed by atoms with Gasteiger partial charge >= 0.3 is 0 Å². The van der Waals surface area contributed by atoms with Crippen molar-refractivity contribution in [3.63, 3.8) is 0 Å². The number of hydrogen-bond acceptors (Lipinski definition) is 2. The van der Waals surface area contributed by atoms with Gasteiger partial charge in [-0.3, -0.25) is 4.79 Å². The van der Waals surface area contributed by atoms with Crippen molar-refractivity contribution in [3.05, 3.63) is 63.9 Å². The van der Waals surface area contributed by atoms with Gasteiger partial charge in [0.1, 0.15) is 5.82 Å². The molecule has 0 saturated carbocycles. The Hall–Kier alpha value is -1.88. The van der Waals surface area contributed by atoms with Crippen molar-refractivity contribution in [2.24, 2.45) is 0 Å². The van der Waals surface area contributed by atoms with Crippen LogP contribution in [0.15, 0.2) is 46.9 Å². The predicted molar refractivity (Wildman–Crippen MR) is 85.6 cm³/mol. The van der Waals surface area contributed by atoms with Crippen molar-refractivity contribution in [1.29, 1.82) is 0 Å². The Balaban J connectivity index is 1.82. The summed E-state index contributed by atoms with van der Waals surface area (Å²) >= 11 is 3.42. The number of nitrogens with one attached hydrogen (secondary N) is 2. The van der Waals surface area contributed by atoms with Crippen LogP contribution in [0.25, 0.3) is 0 Å². The van der Waals surface area contributed by atoms with E-state index in [1.807, 2.05) is 25.1 Å². The fourth-order valence-electron chi connectivity index (χ4n) is 1.84. The summed E-state index contributed by atoms with van der Waals surface area (Å²) in [6.45, 7) is 2.32. The second-order valence-corrected chi connectivity index (χ2v) is 5.54. The molecule has 21 heavy (non-hydrogen) atoms. The van der Waals surface area contributed by atoms with E-state index in [9.17, 15) is 9.18 Å². The minimum absolute atomic E-state index is 0.148. The van der Waals surface area contributed by atoms with E-state index in [1.54, 1.807) is 18.2 Å². The zero-order valence-electron chi connectivity index (χ0n) is 11.6. The molecule has 2 rings (SSSR count). The van der Waals surface area contributed by atoms with Gasteiger partial charge < -0.3 is 10.6 Å². The van der Waals surface area contributed by atoms with Gasteiger partial charge in [-0.25, -0.2) is 4.39 Å². The van der Waals surface area contributed by atoms with Gasteiger partial charge in [0.2, 0.25) is 5.91 Å². The molecule has 0 spiro atoms. The van der Waals surface area contributed by atoms with E-state index in [0.29, 0.717) is 5.56 Å². The lowest BCUT2D eigenvalue weighted by atomic mass is 10.2. The first-order valence-corrected chi connectivity index (χ1v) is 7.35. The van der Waals surface area contributed by atoms with Crippen molar-refractivity contribution in [2.45, 2.75) is 13.5 Å². The lowest BCUT2D eigenvalue weighted by molar-refractivity contribution is -0.119. The molecule has 0 aliphatic rings. The van der Waals surface area contributed by atoms with Crippen molar-refractivity contribution < 1.29 is 9.18 Å². The largest absolute Gasteiger partial charge is 0.376 e. The maximum absolute atomic E-state index is 13.4. The van der Waals surface area contributed by atoms with Crippen LogP contribution in [0.3, 0.4) is 0 Å². The average Bonchev–Trinajstić information content (AvgIpc) is 2.47. The molecule has 0 aliphatic heterocycles. The maximum atomic E-state index is 13.4. The summed E-state index contributed by atoms with van der Waals surface area (Å²) in [7, 11) is 0. The Morgan fingerprint density at radius 1 is 1.24 bits per heavy atom. The Morgan fingerprint density at radius 3 is 2.71 bits per heavy atom. The third-order valence-corrected chi connectivity index (χ3v) is 3.93. The van der Waals surface area contributed by atoms with Crippen molar-refractivity contribution >= 4 is 27.5 Å². The molecule has 0 fully saturated rings. The molecule has 0 heterocycles. The summed E-state index contributed by atoms with van der Waals surface area (Å²) in [6, 6.07) is 12.2. The van der Waals surface area contributed by atoms with Gasteiger partial charge in [0.05, 0.1) is 6.54 Å². The Labute approximate surface area is 131 Å². The molecule has 2 aromatic carbocycles. The monoisotopic (exact) mass is 350 g/mol. The molecule has 0 saturated heterocycles. The van der Waals surface area contributed by atoms with Crippen LogP contribution in [-0.4, -0.2) is 12.5 Å². The van der Waals surface area contributed by atoms with E-state index in [2.05, 4.69) is 26.6 Å². The third-order valence-electron chi connectivity index (χ3n) is 3.04. The van der Waals surface area contributed by atoms with E-state index >= 15 is 0 Å². The van der Waals surface area contributed by atoms with Crippen LogP contribution in [-0.2, 0) is 11.3 Å². The number of benzene rings is 2. The number of hydrogen-bond donors (Lipinski definition) is 2. The van der Waals surface area contributed by atoms with Crippen LogP contribution in [0.5, 0.6) is 0 Å². The molecule has 110 valence electrons. The summed E-state index contributed by atoms with van der Waals surface area (Å²) in [5, 5.41) is 5.72. The number of rotatable bonds is 5. The van der Waals surface area contributed by atoms with Gasteiger partial charge in [-0.05, 0) is 36.8 Å². The molecule has 2 aromatic rings. The van der Waals surface area contributed by atoms with Gasteiger partial charge in [-0.15, -0.1) is 0 Å². The fraction of sp³-hybridized carbons (Fsp3) is 0.188. The van der Waals surface area contributed by atoms with E-state index < -0.39 is 0 Å². The molecule has 0 atom stereocenters. The van der Waals surface area contributed by atoms with E-state index in [-0.39, 0.29) is 24.8 Å². The highest BCUT2D eigenvalue weighted by molar-refractivity contribution is 9.10. The van der Waals surface area contributed by atoms with Crippen LogP contribution in [0.1, 0.15) is 11.1 Å². The van der Waals surface area contributed by atoms with Crippen molar-refractivity contribution in [1.82, 2.24) is 5.32 Å². The van der Waals surface area contributed by atoms with Gasteiger partial charge in [0.15, 0.2) is 0 Å². The molecule has 0 radical (unpaired) electrons. The highest BCUT2D eigenvalue weighted by Crippen LogP contribution is 2.19. The molecular weight excluding hydrogens is 335 g/mol. The second-order valence-electron chi connectivity index (χ2n) is 4.69. The summed E-state index contributed by atoms with van der Waals surface area (Å²) in [6.07, 6.45) is 0. The molecule has 2 N–H and O–H groups in total. The second kappa shape index (κ2) is 7.22. The molecule has 0 aliphatic carbocycles. The first-order chi connectivity index (χ1) is 10.1.